The van der Waals surface area contributed by atoms with Crippen molar-refractivity contribution < 1.29 is 4.39 Å². The number of hydrogen-bond acceptors (Lipinski definition) is 1. The normalized spacial score (nSPS) is 7.90. The Balaban J connectivity index is 0.000000236. The molecule has 1 aromatic heterocycles. The SMILES string of the molecule is CCI.Fc1ccccn1. The molecule has 0 unspecified atom stereocenters. The van der Waals surface area contributed by atoms with Crippen LogP contribution in [0, 0.1) is 5.95 Å². The topological polar surface area (TPSA) is 12.9 Å². The number of rotatable bonds is 0. The summed E-state index contributed by atoms with van der Waals surface area (Å²) in [5.41, 5.74) is 0. The van der Waals surface area contributed by atoms with Crippen molar-refractivity contribution in [2.24, 2.45) is 0 Å². The Bertz CT molecular complexity index is 155. The molecular formula is C7H9FIN. The third kappa shape index (κ3) is 5.94. The fourth-order valence-electron chi connectivity index (χ4n) is 0.342. The van der Waals surface area contributed by atoms with Gasteiger partial charge in [0, 0.05) is 6.20 Å². The second-order valence-corrected chi connectivity index (χ2v) is 2.95. The predicted octanol–water partition coefficient (Wildman–Crippen LogP) is 2.66. The average Bonchev–Trinajstić information content (AvgIpc) is 1.91. The maximum Gasteiger partial charge on any atom is 0.212 e. The van der Waals surface area contributed by atoms with Crippen molar-refractivity contribution in [2.75, 3.05) is 4.43 Å². The van der Waals surface area contributed by atoms with Gasteiger partial charge in [-0.2, -0.15) is 4.39 Å². The molecule has 0 saturated carbocycles. The Kier molecular flexibility index (Phi) is 6.79. The molecule has 0 saturated heterocycles. The highest BCUT2D eigenvalue weighted by atomic mass is 127. The molecule has 1 nitrogen and oxygen atoms in total. The summed E-state index contributed by atoms with van der Waals surface area (Å²) in [5.74, 6) is -0.428. The smallest absolute Gasteiger partial charge is 0.212 e. The van der Waals surface area contributed by atoms with Crippen LogP contribution < -0.4 is 0 Å². The molecule has 0 N–H and O–H groups in total. The summed E-state index contributed by atoms with van der Waals surface area (Å²) in [5, 5.41) is 0. The summed E-state index contributed by atoms with van der Waals surface area (Å²) in [6.07, 6.45) is 1.41. The van der Waals surface area contributed by atoms with E-state index in [9.17, 15) is 4.39 Å². The molecule has 3 heteroatoms. The molecular weight excluding hydrogens is 244 g/mol. The van der Waals surface area contributed by atoms with Crippen molar-refractivity contribution in [1.29, 1.82) is 0 Å². The van der Waals surface area contributed by atoms with E-state index >= 15 is 0 Å². The highest BCUT2D eigenvalue weighted by Gasteiger charge is 1.78. The van der Waals surface area contributed by atoms with Crippen molar-refractivity contribution >= 4 is 22.6 Å². The van der Waals surface area contributed by atoms with Crippen LogP contribution in [0.25, 0.3) is 0 Å². The van der Waals surface area contributed by atoms with E-state index in [4.69, 9.17) is 0 Å². The molecule has 0 spiro atoms. The number of pyridine rings is 1. The van der Waals surface area contributed by atoms with Gasteiger partial charge in [-0.05, 0) is 16.6 Å². The molecule has 0 radical (unpaired) electrons. The van der Waals surface area contributed by atoms with Crippen LogP contribution in [0.3, 0.4) is 0 Å². The molecule has 0 aliphatic carbocycles. The Morgan fingerprint density at radius 2 is 2.20 bits per heavy atom. The number of hydrogen-bond donors (Lipinski definition) is 0. The van der Waals surface area contributed by atoms with E-state index in [0.29, 0.717) is 0 Å². The first-order chi connectivity index (χ1) is 4.81. The maximum atomic E-state index is 11.8. The molecule has 0 aliphatic rings. The third-order valence-electron chi connectivity index (χ3n) is 0.629. The van der Waals surface area contributed by atoms with E-state index in [1.807, 2.05) is 0 Å². The zero-order valence-electron chi connectivity index (χ0n) is 5.72. The van der Waals surface area contributed by atoms with Gasteiger partial charge in [0.25, 0.3) is 0 Å². The second-order valence-electron chi connectivity index (χ2n) is 1.42. The van der Waals surface area contributed by atoms with Crippen LogP contribution in [-0.4, -0.2) is 9.41 Å². The van der Waals surface area contributed by atoms with Crippen molar-refractivity contribution in [2.45, 2.75) is 6.92 Å². The molecule has 56 valence electrons. The first kappa shape index (κ1) is 9.81. The van der Waals surface area contributed by atoms with Crippen LogP contribution >= 0.6 is 22.6 Å². The first-order valence-electron chi connectivity index (χ1n) is 2.93. The van der Waals surface area contributed by atoms with Crippen molar-refractivity contribution in [3.8, 4) is 0 Å². The quantitative estimate of drug-likeness (QED) is 0.393. The van der Waals surface area contributed by atoms with Gasteiger partial charge in [0.1, 0.15) is 0 Å². The number of nitrogens with zero attached hydrogens (tertiary/aromatic N) is 1. The molecule has 1 heterocycles. The zero-order chi connectivity index (χ0) is 7.82. The summed E-state index contributed by atoms with van der Waals surface area (Å²) < 4.78 is 13.0. The van der Waals surface area contributed by atoms with Gasteiger partial charge < -0.3 is 0 Å². The van der Waals surface area contributed by atoms with Gasteiger partial charge in [-0.25, -0.2) is 4.98 Å². The van der Waals surface area contributed by atoms with E-state index in [1.165, 1.54) is 16.7 Å². The number of alkyl halides is 1. The summed E-state index contributed by atoms with van der Waals surface area (Å²) in [7, 11) is 0. The van der Waals surface area contributed by atoms with Gasteiger partial charge in [-0.3, -0.25) is 0 Å². The molecule has 0 aromatic carbocycles. The lowest BCUT2D eigenvalue weighted by atomic mass is 10.5. The summed E-state index contributed by atoms with van der Waals surface area (Å²) in [6, 6.07) is 4.57. The van der Waals surface area contributed by atoms with E-state index in [0.717, 1.165) is 0 Å². The molecule has 0 bridgehead atoms. The van der Waals surface area contributed by atoms with Gasteiger partial charge in [0.05, 0.1) is 0 Å². The standard InChI is InChI=1S/C5H4FN.C2H5I/c6-5-3-1-2-4-7-5;1-2-3/h1-4H;2H2,1H3. The van der Waals surface area contributed by atoms with Crippen LogP contribution in [0.5, 0.6) is 0 Å². The highest BCUT2D eigenvalue weighted by molar-refractivity contribution is 14.1. The minimum Gasteiger partial charge on any atom is -0.228 e. The van der Waals surface area contributed by atoms with E-state index in [1.54, 1.807) is 12.1 Å². The van der Waals surface area contributed by atoms with Gasteiger partial charge in [0.2, 0.25) is 5.95 Å². The minimum atomic E-state index is -0.428. The molecule has 1 aromatic rings. The van der Waals surface area contributed by atoms with Crippen LogP contribution in [0.2, 0.25) is 0 Å². The largest absolute Gasteiger partial charge is 0.228 e. The van der Waals surface area contributed by atoms with Gasteiger partial charge in [-0.1, -0.05) is 35.6 Å². The molecule has 0 aliphatic heterocycles. The fourth-order valence-corrected chi connectivity index (χ4v) is 0.342. The monoisotopic (exact) mass is 253 g/mol. The molecule has 1 rings (SSSR count). The predicted molar refractivity (Wildman–Crippen MR) is 48.8 cm³/mol. The van der Waals surface area contributed by atoms with Crippen LogP contribution in [0.15, 0.2) is 24.4 Å². The molecule has 0 fully saturated rings. The summed E-state index contributed by atoms with van der Waals surface area (Å²) in [4.78, 5) is 3.31. The second kappa shape index (κ2) is 6.92. The number of halogens is 2. The minimum absolute atomic E-state index is 0.428. The Morgan fingerprint density at radius 3 is 2.40 bits per heavy atom. The number of aromatic nitrogens is 1. The maximum absolute atomic E-state index is 11.8. The lowest BCUT2D eigenvalue weighted by Gasteiger charge is -1.78. The lowest BCUT2D eigenvalue weighted by molar-refractivity contribution is 0.584. The van der Waals surface area contributed by atoms with Crippen molar-refractivity contribution in [3.05, 3.63) is 30.3 Å². The van der Waals surface area contributed by atoms with Crippen molar-refractivity contribution in [1.82, 2.24) is 4.98 Å². The van der Waals surface area contributed by atoms with Crippen molar-refractivity contribution in [3.63, 3.8) is 0 Å². The molecule has 0 amide bonds. The third-order valence-corrected chi connectivity index (χ3v) is 0.629. The lowest BCUT2D eigenvalue weighted by Crippen LogP contribution is -1.73. The Labute approximate surface area is 73.8 Å². The Morgan fingerprint density at radius 1 is 1.60 bits per heavy atom. The molecule has 10 heavy (non-hydrogen) atoms. The van der Waals surface area contributed by atoms with Crippen LogP contribution in [-0.2, 0) is 0 Å². The van der Waals surface area contributed by atoms with Gasteiger partial charge in [-0.15, -0.1) is 0 Å². The fraction of sp³-hybridized carbons (Fsp3) is 0.286. The van der Waals surface area contributed by atoms with Crippen LogP contribution in [0.1, 0.15) is 6.92 Å². The summed E-state index contributed by atoms with van der Waals surface area (Å²) in [6.45, 7) is 2.11. The average molecular weight is 253 g/mol. The summed E-state index contributed by atoms with van der Waals surface area (Å²) >= 11 is 2.29. The first-order valence-corrected chi connectivity index (χ1v) is 4.46. The highest BCUT2D eigenvalue weighted by Crippen LogP contribution is 1.85. The van der Waals surface area contributed by atoms with E-state index in [2.05, 4.69) is 34.5 Å². The zero-order valence-corrected chi connectivity index (χ0v) is 7.88. The molecule has 0 atom stereocenters. The van der Waals surface area contributed by atoms with E-state index < -0.39 is 5.95 Å². The van der Waals surface area contributed by atoms with Crippen LogP contribution in [0.4, 0.5) is 4.39 Å². The van der Waals surface area contributed by atoms with Gasteiger partial charge >= 0.3 is 0 Å². The Hall–Kier alpha value is -0.190. The van der Waals surface area contributed by atoms with E-state index in [-0.39, 0.29) is 0 Å². The van der Waals surface area contributed by atoms with Gasteiger partial charge in [0.15, 0.2) is 0 Å².